The first-order valence-electron chi connectivity index (χ1n) is 5.63. The van der Waals surface area contributed by atoms with Crippen molar-refractivity contribution in [3.8, 4) is 0 Å². The van der Waals surface area contributed by atoms with Crippen molar-refractivity contribution in [2.45, 2.75) is 24.0 Å². The van der Waals surface area contributed by atoms with E-state index in [1.54, 1.807) is 4.98 Å². The van der Waals surface area contributed by atoms with Gasteiger partial charge in [-0.15, -0.1) is 0 Å². The van der Waals surface area contributed by atoms with Crippen LogP contribution >= 0.6 is 0 Å². The number of aliphatic hydroxyl groups excluding tert-OH is 4. The number of aromatic nitrogens is 2. The van der Waals surface area contributed by atoms with E-state index in [0.717, 1.165) is 0 Å². The SMILES string of the molecule is O=c1[nH]c(=O)n([C@H]2OC(CO)(CO)[C@@H](O)[C@@H]2O)cc1F. The number of hydrogen-bond donors (Lipinski definition) is 5. The van der Waals surface area contributed by atoms with Gasteiger partial charge in [-0.3, -0.25) is 14.3 Å². The fourth-order valence-corrected chi connectivity index (χ4v) is 2.03. The maximum Gasteiger partial charge on any atom is 0.330 e. The zero-order valence-electron chi connectivity index (χ0n) is 10.1. The van der Waals surface area contributed by atoms with Gasteiger partial charge >= 0.3 is 5.69 Å². The van der Waals surface area contributed by atoms with Crippen LogP contribution in [0.25, 0.3) is 0 Å². The molecule has 0 bridgehead atoms. The van der Waals surface area contributed by atoms with Gasteiger partial charge in [0.25, 0.3) is 5.56 Å². The van der Waals surface area contributed by atoms with Crippen molar-refractivity contribution in [2.24, 2.45) is 0 Å². The third-order valence-corrected chi connectivity index (χ3v) is 3.24. The quantitative estimate of drug-likeness (QED) is 0.391. The molecule has 1 aromatic rings. The third-order valence-electron chi connectivity index (χ3n) is 3.24. The molecule has 0 aliphatic carbocycles. The Morgan fingerprint density at radius 3 is 2.45 bits per heavy atom. The van der Waals surface area contributed by atoms with Crippen molar-refractivity contribution >= 4 is 0 Å². The summed E-state index contributed by atoms with van der Waals surface area (Å²) in [5.74, 6) is -1.29. The summed E-state index contributed by atoms with van der Waals surface area (Å²) in [6.07, 6.45) is -4.48. The van der Waals surface area contributed by atoms with Crippen molar-refractivity contribution in [3.05, 3.63) is 32.9 Å². The van der Waals surface area contributed by atoms with E-state index in [0.29, 0.717) is 10.8 Å². The Balaban J connectivity index is 2.47. The molecule has 3 atom stereocenters. The Kier molecular flexibility index (Phi) is 3.75. The predicted molar refractivity (Wildman–Crippen MR) is 60.3 cm³/mol. The minimum Gasteiger partial charge on any atom is -0.393 e. The van der Waals surface area contributed by atoms with Crippen LogP contribution in [0, 0.1) is 5.82 Å². The van der Waals surface area contributed by atoms with Gasteiger partial charge in [0.2, 0.25) is 5.82 Å². The maximum atomic E-state index is 13.2. The second-order valence-corrected chi connectivity index (χ2v) is 4.47. The molecule has 9 nitrogen and oxygen atoms in total. The number of aliphatic hydroxyl groups is 4. The van der Waals surface area contributed by atoms with Gasteiger partial charge in [0.15, 0.2) is 6.23 Å². The fraction of sp³-hybridized carbons (Fsp3) is 0.600. The number of H-pyrrole nitrogens is 1. The lowest BCUT2D eigenvalue weighted by Gasteiger charge is -2.27. The summed E-state index contributed by atoms with van der Waals surface area (Å²) in [6.45, 7) is -1.67. The Hall–Kier alpha value is -1.59. The summed E-state index contributed by atoms with van der Waals surface area (Å²) in [5, 5.41) is 37.9. The lowest BCUT2D eigenvalue weighted by Crippen LogP contribution is -2.49. The largest absolute Gasteiger partial charge is 0.393 e. The van der Waals surface area contributed by atoms with Gasteiger partial charge in [0, 0.05) is 0 Å². The average molecular weight is 292 g/mol. The molecular weight excluding hydrogens is 279 g/mol. The second-order valence-electron chi connectivity index (χ2n) is 4.47. The van der Waals surface area contributed by atoms with Crippen molar-refractivity contribution in [2.75, 3.05) is 13.2 Å². The van der Waals surface area contributed by atoms with Gasteiger partial charge in [-0.05, 0) is 0 Å². The van der Waals surface area contributed by atoms with Gasteiger partial charge in [0.05, 0.1) is 19.4 Å². The molecule has 0 saturated carbocycles. The van der Waals surface area contributed by atoms with E-state index < -0.39 is 54.3 Å². The Morgan fingerprint density at radius 2 is 1.95 bits per heavy atom. The molecule has 1 aliphatic heterocycles. The van der Waals surface area contributed by atoms with Gasteiger partial charge < -0.3 is 25.2 Å². The summed E-state index contributed by atoms with van der Waals surface area (Å²) in [5.41, 5.74) is -4.20. The van der Waals surface area contributed by atoms with E-state index in [2.05, 4.69) is 0 Å². The normalized spacial score (nSPS) is 28.8. The zero-order valence-corrected chi connectivity index (χ0v) is 10.1. The molecule has 1 aromatic heterocycles. The lowest BCUT2D eigenvalue weighted by molar-refractivity contribution is -0.150. The van der Waals surface area contributed by atoms with Crippen molar-refractivity contribution in [1.82, 2.24) is 9.55 Å². The van der Waals surface area contributed by atoms with Crippen LogP contribution in [0.15, 0.2) is 15.8 Å². The number of nitrogens with one attached hydrogen (secondary N) is 1. The summed E-state index contributed by atoms with van der Waals surface area (Å²) in [6, 6.07) is 0. The smallest absolute Gasteiger partial charge is 0.330 e. The van der Waals surface area contributed by atoms with Crippen LogP contribution < -0.4 is 11.2 Å². The highest BCUT2D eigenvalue weighted by Crippen LogP contribution is 2.35. The first kappa shape index (κ1) is 14.8. The highest BCUT2D eigenvalue weighted by molar-refractivity contribution is 5.02. The van der Waals surface area contributed by atoms with E-state index in [1.807, 2.05) is 0 Å². The van der Waals surface area contributed by atoms with Gasteiger partial charge in [0.1, 0.15) is 17.8 Å². The number of nitrogens with zero attached hydrogens (tertiary/aromatic N) is 1. The second kappa shape index (κ2) is 5.07. The molecule has 112 valence electrons. The lowest BCUT2D eigenvalue weighted by atomic mass is 9.97. The van der Waals surface area contributed by atoms with Gasteiger partial charge in [-0.2, -0.15) is 4.39 Å². The number of ether oxygens (including phenoxy) is 1. The molecule has 0 spiro atoms. The zero-order chi connectivity index (χ0) is 15.1. The molecule has 1 aliphatic rings. The molecule has 20 heavy (non-hydrogen) atoms. The molecule has 10 heteroatoms. The number of halogens is 1. The minimum atomic E-state index is -1.89. The first-order valence-corrected chi connectivity index (χ1v) is 5.63. The monoisotopic (exact) mass is 292 g/mol. The molecule has 2 heterocycles. The Labute approximate surface area is 110 Å². The van der Waals surface area contributed by atoms with Crippen LogP contribution in [0.5, 0.6) is 0 Å². The summed E-state index contributed by atoms with van der Waals surface area (Å²) >= 11 is 0. The van der Waals surface area contributed by atoms with Crippen LogP contribution in [-0.2, 0) is 4.74 Å². The van der Waals surface area contributed by atoms with Crippen molar-refractivity contribution < 1.29 is 29.6 Å². The number of aromatic amines is 1. The van der Waals surface area contributed by atoms with E-state index >= 15 is 0 Å². The molecule has 0 radical (unpaired) electrons. The first-order chi connectivity index (χ1) is 9.36. The van der Waals surface area contributed by atoms with Crippen LogP contribution in [0.1, 0.15) is 6.23 Å². The van der Waals surface area contributed by atoms with Gasteiger partial charge in [-0.25, -0.2) is 4.79 Å². The van der Waals surface area contributed by atoms with Crippen LogP contribution in [-0.4, -0.2) is 61.0 Å². The Morgan fingerprint density at radius 1 is 1.35 bits per heavy atom. The standard InChI is InChI=1S/C10H13FN2O7/c11-4-1-13(9(19)12-7(4)18)8-5(16)6(17)10(2-14,3-15)20-8/h1,5-6,8,14-17H,2-3H2,(H,12,18,19)/t5-,6-,8-/m0/s1. The Bertz CT molecular complexity index is 608. The molecule has 5 N–H and O–H groups in total. The topological polar surface area (TPSA) is 145 Å². The molecule has 0 aromatic carbocycles. The summed E-state index contributed by atoms with van der Waals surface area (Å²) in [7, 11) is 0. The van der Waals surface area contributed by atoms with Crippen molar-refractivity contribution in [3.63, 3.8) is 0 Å². The highest BCUT2D eigenvalue weighted by atomic mass is 19.1. The summed E-state index contributed by atoms with van der Waals surface area (Å²) < 4.78 is 18.8. The number of rotatable bonds is 3. The molecule has 1 fully saturated rings. The highest BCUT2D eigenvalue weighted by Gasteiger charge is 2.54. The van der Waals surface area contributed by atoms with E-state index in [4.69, 9.17) is 14.9 Å². The van der Waals surface area contributed by atoms with Crippen molar-refractivity contribution in [1.29, 1.82) is 0 Å². The molecule has 0 amide bonds. The summed E-state index contributed by atoms with van der Waals surface area (Å²) in [4.78, 5) is 24.1. The van der Waals surface area contributed by atoms with Gasteiger partial charge in [-0.1, -0.05) is 0 Å². The minimum absolute atomic E-state index is 0.507. The van der Waals surface area contributed by atoms with E-state index in [1.165, 1.54) is 0 Å². The molecule has 1 saturated heterocycles. The maximum absolute atomic E-state index is 13.2. The molecule has 2 rings (SSSR count). The fourth-order valence-electron chi connectivity index (χ4n) is 2.03. The third kappa shape index (κ3) is 2.07. The number of hydrogen-bond acceptors (Lipinski definition) is 7. The predicted octanol–water partition coefficient (Wildman–Crippen LogP) is -3.35. The molecular formula is C10H13FN2O7. The van der Waals surface area contributed by atoms with E-state index in [-0.39, 0.29) is 0 Å². The van der Waals surface area contributed by atoms with E-state index in [9.17, 15) is 24.2 Å². The average Bonchev–Trinajstić information content (AvgIpc) is 2.68. The van der Waals surface area contributed by atoms with Crippen LogP contribution in [0.2, 0.25) is 0 Å². The van der Waals surface area contributed by atoms with Crippen LogP contribution in [0.4, 0.5) is 4.39 Å². The van der Waals surface area contributed by atoms with Crippen LogP contribution in [0.3, 0.4) is 0 Å². The molecule has 0 unspecified atom stereocenters.